The Morgan fingerprint density at radius 2 is 1.62 bits per heavy atom. The van der Waals surface area contributed by atoms with Gasteiger partial charge in [0.25, 0.3) is 5.91 Å². The van der Waals surface area contributed by atoms with Gasteiger partial charge >= 0.3 is 0 Å². The molecule has 0 spiro atoms. The van der Waals surface area contributed by atoms with Gasteiger partial charge in [0.05, 0.1) is 19.9 Å². The van der Waals surface area contributed by atoms with E-state index < -0.39 is 0 Å². The van der Waals surface area contributed by atoms with Crippen molar-refractivity contribution in [1.29, 1.82) is 0 Å². The number of hydrogen-bond donors (Lipinski definition) is 1. The maximum Gasteiger partial charge on any atom is 0.256 e. The maximum absolute atomic E-state index is 12.8. The number of rotatable bonds is 6. The van der Waals surface area contributed by atoms with Gasteiger partial charge in [-0.15, -0.1) is 0 Å². The monoisotopic (exact) mass is 347 g/mol. The van der Waals surface area contributed by atoms with E-state index in [9.17, 15) is 4.79 Å². The summed E-state index contributed by atoms with van der Waals surface area (Å²) in [6.45, 7) is 0. The van der Waals surface area contributed by atoms with Crippen molar-refractivity contribution in [2.75, 3.05) is 19.5 Å². The number of carbonyl (C=O) groups excluding carboxylic acids is 1. The van der Waals surface area contributed by atoms with Crippen LogP contribution in [0, 0.1) is 0 Å². The number of nitrogens with one attached hydrogen (secondary N) is 1. The first-order valence-electron chi connectivity index (χ1n) is 8.36. The van der Waals surface area contributed by atoms with Crippen molar-refractivity contribution in [2.45, 2.75) is 6.42 Å². The fourth-order valence-electron chi connectivity index (χ4n) is 2.80. The van der Waals surface area contributed by atoms with Crippen LogP contribution in [-0.4, -0.2) is 20.1 Å². The Kier molecular flexibility index (Phi) is 5.54. The van der Waals surface area contributed by atoms with Crippen molar-refractivity contribution in [3.8, 4) is 11.5 Å². The molecule has 132 valence electrons. The Morgan fingerprint density at radius 3 is 2.35 bits per heavy atom. The van der Waals surface area contributed by atoms with Crippen LogP contribution in [0.2, 0.25) is 0 Å². The lowest BCUT2D eigenvalue weighted by Crippen LogP contribution is -2.15. The molecular weight excluding hydrogens is 326 g/mol. The van der Waals surface area contributed by atoms with E-state index in [0.29, 0.717) is 29.2 Å². The highest BCUT2D eigenvalue weighted by Crippen LogP contribution is 2.29. The highest BCUT2D eigenvalue weighted by Gasteiger charge is 2.14. The van der Waals surface area contributed by atoms with Gasteiger partial charge in [-0.3, -0.25) is 4.79 Å². The number of anilines is 1. The van der Waals surface area contributed by atoms with E-state index in [1.807, 2.05) is 42.5 Å². The van der Waals surface area contributed by atoms with Crippen LogP contribution in [0.25, 0.3) is 0 Å². The molecule has 0 aliphatic carbocycles. The van der Waals surface area contributed by atoms with Gasteiger partial charge in [-0.2, -0.15) is 0 Å². The third-order valence-corrected chi connectivity index (χ3v) is 4.16. The molecule has 0 aliphatic rings. The highest BCUT2D eigenvalue weighted by atomic mass is 16.5. The summed E-state index contributed by atoms with van der Waals surface area (Å²) in [5.41, 5.74) is 3.39. The zero-order chi connectivity index (χ0) is 18.4. The summed E-state index contributed by atoms with van der Waals surface area (Å²) in [6, 6.07) is 23.0. The molecule has 0 unspecified atom stereocenters. The number of hydrogen-bond acceptors (Lipinski definition) is 3. The topological polar surface area (TPSA) is 47.6 Å². The van der Waals surface area contributed by atoms with Crippen LogP contribution in [0.1, 0.15) is 21.5 Å². The molecule has 0 fully saturated rings. The molecule has 3 rings (SSSR count). The molecule has 0 radical (unpaired) electrons. The summed E-state index contributed by atoms with van der Waals surface area (Å²) in [6.07, 6.45) is 0.699. The average molecular weight is 347 g/mol. The van der Waals surface area contributed by atoms with E-state index in [2.05, 4.69) is 17.4 Å². The summed E-state index contributed by atoms with van der Waals surface area (Å²) in [5.74, 6) is 1.06. The Bertz CT molecular complexity index is 891. The first kappa shape index (κ1) is 17.5. The third kappa shape index (κ3) is 4.03. The third-order valence-electron chi connectivity index (χ3n) is 4.16. The van der Waals surface area contributed by atoms with Gasteiger partial charge in [-0.25, -0.2) is 0 Å². The lowest BCUT2D eigenvalue weighted by Gasteiger charge is -2.13. The molecule has 4 heteroatoms. The first-order chi connectivity index (χ1) is 12.7. The predicted octanol–water partition coefficient (Wildman–Crippen LogP) is 4.55. The van der Waals surface area contributed by atoms with Gasteiger partial charge in [0.15, 0.2) is 0 Å². The molecule has 26 heavy (non-hydrogen) atoms. The van der Waals surface area contributed by atoms with E-state index in [0.717, 1.165) is 11.1 Å². The minimum Gasteiger partial charge on any atom is -0.497 e. The normalized spacial score (nSPS) is 10.2. The summed E-state index contributed by atoms with van der Waals surface area (Å²) < 4.78 is 10.5. The number of benzene rings is 3. The molecule has 3 aromatic rings. The van der Waals surface area contributed by atoms with Crippen LogP contribution in [-0.2, 0) is 6.42 Å². The molecule has 4 nitrogen and oxygen atoms in total. The largest absolute Gasteiger partial charge is 0.497 e. The number of amides is 1. The van der Waals surface area contributed by atoms with Gasteiger partial charge in [-0.05, 0) is 35.7 Å². The molecule has 1 N–H and O–H groups in total. The molecule has 0 saturated carbocycles. The minimum atomic E-state index is -0.167. The zero-order valence-electron chi connectivity index (χ0n) is 14.9. The van der Waals surface area contributed by atoms with Crippen molar-refractivity contribution in [3.05, 3.63) is 89.5 Å². The van der Waals surface area contributed by atoms with Gasteiger partial charge in [-0.1, -0.05) is 48.5 Å². The molecule has 0 aliphatic heterocycles. The molecule has 0 saturated heterocycles. The van der Waals surface area contributed by atoms with E-state index in [4.69, 9.17) is 9.47 Å². The second kappa shape index (κ2) is 8.21. The van der Waals surface area contributed by atoms with Crippen molar-refractivity contribution in [1.82, 2.24) is 0 Å². The molecular formula is C22H21NO3. The fourth-order valence-corrected chi connectivity index (χ4v) is 2.80. The van der Waals surface area contributed by atoms with E-state index in [-0.39, 0.29) is 5.91 Å². The lowest BCUT2D eigenvalue weighted by atomic mass is 9.99. The first-order valence-corrected chi connectivity index (χ1v) is 8.36. The smallest absolute Gasteiger partial charge is 0.256 e. The van der Waals surface area contributed by atoms with Crippen LogP contribution >= 0.6 is 0 Å². The van der Waals surface area contributed by atoms with Crippen LogP contribution in [0.3, 0.4) is 0 Å². The fraction of sp³-hybridized carbons (Fsp3) is 0.136. The maximum atomic E-state index is 12.8. The number of methoxy groups -OCH3 is 2. The second-order valence-corrected chi connectivity index (χ2v) is 5.84. The molecule has 0 heterocycles. The SMILES string of the molecule is COc1ccc(NC(=O)c2ccccc2Cc2ccccc2)c(OC)c1. The standard InChI is InChI=1S/C22H21NO3/c1-25-18-12-13-20(21(15-18)26-2)23-22(24)19-11-7-6-10-17(19)14-16-8-4-3-5-9-16/h3-13,15H,14H2,1-2H3,(H,23,24). The van der Waals surface area contributed by atoms with Gasteiger partial charge in [0.2, 0.25) is 0 Å². The van der Waals surface area contributed by atoms with Crippen molar-refractivity contribution < 1.29 is 14.3 Å². The average Bonchev–Trinajstić information content (AvgIpc) is 2.69. The zero-order valence-corrected chi connectivity index (χ0v) is 14.9. The number of carbonyl (C=O) groups is 1. The molecule has 1 amide bonds. The van der Waals surface area contributed by atoms with Gasteiger partial charge in [0.1, 0.15) is 11.5 Å². The Labute approximate surface area is 153 Å². The van der Waals surface area contributed by atoms with Gasteiger partial charge in [0, 0.05) is 11.6 Å². The molecule has 0 aromatic heterocycles. The molecule has 0 atom stereocenters. The van der Waals surface area contributed by atoms with E-state index >= 15 is 0 Å². The van der Waals surface area contributed by atoms with Crippen molar-refractivity contribution in [2.24, 2.45) is 0 Å². The van der Waals surface area contributed by atoms with Crippen LogP contribution < -0.4 is 14.8 Å². The lowest BCUT2D eigenvalue weighted by molar-refractivity contribution is 0.102. The quantitative estimate of drug-likeness (QED) is 0.712. The number of ether oxygens (including phenoxy) is 2. The Morgan fingerprint density at radius 1 is 0.885 bits per heavy atom. The summed E-state index contributed by atoms with van der Waals surface area (Å²) in [4.78, 5) is 12.8. The predicted molar refractivity (Wildman–Crippen MR) is 103 cm³/mol. The minimum absolute atomic E-state index is 0.167. The van der Waals surface area contributed by atoms with Crippen LogP contribution in [0.4, 0.5) is 5.69 Å². The van der Waals surface area contributed by atoms with Crippen molar-refractivity contribution >= 4 is 11.6 Å². The Hall–Kier alpha value is -3.27. The van der Waals surface area contributed by atoms with Crippen LogP contribution in [0.5, 0.6) is 11.5 Å². The molecule has 3 aromatic carbocycles. The van der Waals surface area contributed by atoms with Gasteiger partial charge < -0.3 is 14.8 Å². The van der Waals surface area contributed by atoms with Crippen molar-refractivity contribution in [3.63, 3.8) is 0 Å². The molecule has 0 bridgehead atoms. The van der Waals surface area contributed by atoms with E-state index in [1.165, 1.54) is 0 Å². The summed E-state index contributed by atoms with van der Waals surface area (Å²) >= 11 is 0. The second-order valence-electron chi connectivity index (χ2n) is 5.84. The highest BCUT2D eigenvalue weighted by molar-refractivity contribution is 6.06. The summed E-state index contributed by atoms with van der Waals surface area (Å²) in [7, 11) is 3.15. The Balaban J connectivity index is 1.85. The van der Waals surface area contributed by atoms with Crippen LogP contribution in [0.15, 0.2) is 72.8 Å². The van der Waals surface area contributed by atoms with E-state index in [1.54, 1.807) is 32.4 Å². The summed E-state index contributed by atoms with van der Waals surface area (Å²) in [5, 5.41) is 2.94.